The molecule has 1 heterocycles. The zero-order valence-electron chi connectivity index (χ0n) is 7.60. The summed E-state index contributed by atoms with van der Waals surface area (Å²) in [6.45, 7) is 6.13. The van der Waals surface area contributed by atoms with E-state index < -0.39 is 0 Å². The number of rotatable bonds is 5. The molecule has 72 valence electrons. The maximum atomic E-state index is 5.38. The van der Waals surface area contributed by atoms with Crippen LogP contribution in [0.1, 0.15) is 6.42 Å². The zero-order valence-corrected chi connectivity index (χ0v) is 7.60. The minimum atomic E-state index is 0.594. The molecule has 0 bridgehead atoms. The monoisotopic (exact) mass is 172 g/mol. The molecule has 0 aliphatic carbocycles. The molecule has 5 N–H and O–H groups in total. The van der Waals surface area contributed by atoms with Gasteiger partial charge in [-0.25, -0.2) is 0 Å². The van der Waals surface area contributed by atoms with E-state index in [1.807, 2.05) is 0 Å². The lowest BCUT2D eigenvalue weighted by Crippen LogP contribution is -2.52. The molecular formula is C8H20N4. The van der Waals surface area contributed by atoms with Crippen molar-refractivity contribution >= 4 is 0 Å². The molecule has 1 fully saturated rings. The Hall–Kier alpha value is -0.160. The van der Waals surface area contributed by atoms with E-state index in [2.05, 4.69) is 16.0 Å². The Labute approximate surface area is 74.3 Å². The van der Waals surface area contributed by atoms with Gasteiger partial charge in [0.25, 0.3) is 0 Å². The van der Waals surface area contributed by atoms with Gasteiger partial charge in [0.15, 0.2) is 0 Å². The molecule has 1 aliphatic rings. The van der Waals surface area contributed by atoms with Crippen molar-refractivity contribution in [3.63, 3.8) is 0 Å². The molecule has 4 nitrogen and oxygen atoms in total. The first kappa shape index (κ1) is 9.92. The van der Waals surface area contributed by atoms with Crippen LogP contribution in [-0.2, 0) is 0 Å². The van der Waals surface area contributed by atoms with Gasteiger partial charge in [0.2, 0.25) is 0 Å². The quantitative estimate of drug-likeness (QED) is 0.381. The summed E-state index contributed by atoms with van der Waals surface area (Å²) < 4.78 is 0. The van der Waals surface area contributed by atoms with Gasteiger partial charge >= 0.3 is 0 Å². The minimum Gasteiger partial charge on any atom is -0.330 e. The van der Waals surface area contributed by atoms with Crippen LogP contribution < -0.4 is 21.7 Å². The Kier molecular flexibility index (Phi) is 5.27. The van der Waals surface area contributed by atoms with E-state index in [1.54, 1.807) is 0 Å². The predicted molar refractivity (Wildman–Crippen MR) is 51.2 cm³/mol. The third kappa shape index (κ3) is 4.01. The lowest BCUT2D eigenvalue weighted by molar-refractivity contribution is 0.399. The maximum Gasteiger partial charge on any atom is 0.0318 e. The fourth-order valence-corrected chi connectivity index (χ4v) is 1.36. The molecule has 12 heavy (non-hydrogen) atoms. The number of piperazine rings is 1. The molecule has 0 aromatic carbocycles. The third-order valence-corrected chi connectivity index (χ3v) is 2.07. The topological polar surface area (TPSA) is 62.1 Å². The fourth-order valence-electron chi connectivity index (χ4n) is 1.36. The highest BCUT2D eigenvalue weighted by Crippen LogP contribution is 1.84. The van der Waals surface area contributed by atoms with Crippen molar-refractivity contribution in [2.75, 3.05) is 39.3 Å². The van der Waals surface area contributed by atoms with Crippen LogP contribution in [0, 0.1) is 0 Å². The van der Waals surface area contributed by atoms with Gasteiger partial charge in [0.1, 0.15) is 0 Å². The average Bonchev–Trinajstić information content (AvgIpc) is 2.14. The van der Waals surface area contributed by atoms with E-state index in [0.29, 0.717) is 6.04 Å². The second kappa shape index (κ2) is 6.37. The number of hydrogen-bond acceptors (Lipinski definition) is 4. The van der Waals surface area contributed by atoms with Gasteiger partial charge in [-0.3, -0.25) is 0 Å². The van der Waals surface area contributed by atoms with Gasteiger partial charge in [0, 0.05) is 32.2 Å². The largest absolute Gasteiger partial charge is 0.330 e. The van der Waals surface area contributed by atoms with Gasteiger partial charge in [-0.15, -0.1) is 0 Å². The summed E-state index contributed by atoms with van der Waals surface area (Å²) in [5, 5.41) is 10.2. The maximum absolute atomic E-state index is 5.38. The van der Waals surface area contributed by atoms with Crippen LogP contribution in [0.5, 0.6) is 0 Å². The second-order valence-electron chi connectivity index (χ2n) is 3.20. The summed E-state index contributed by atoms with van der Waals surface area (Å²) in [5.74, 6) is 0. The van der Waals surface area contributed by atoms with Gasteiger partial charge in [-0.2, -0.15) is 0 Å². The Bertz CT molecular complexity index is 101. The zero-order chi connectivity index (χ0) is 8.65. The van der Waals surface area contributed by atoms with Crippen molar-refractivity contribution in [2.45, 2.75) is 12.5 Å². The van der Waals surface area contributed by atoms with Crippen molar-refractivity contribution in [3.8, 4) is 0 Å². The normalized spacial score (nSPS) is 24.2. The number of nitrogens with one attached hydrogen (secondary N) is 3. The molecule has 0 aromatic rings. The van der Waals surface area contributed by atoms with Crippen LogP contribution in [0.4, 0.5) is 0 Å². The van der Waals surface area contributed by atoms with Crippen LogP contribution in [0.2, 0.25) is 0 Å². The average molecular weight is 172 g/mol. The number of nitrogens with two attached hydrogens (primary N) is 1. The summed E-state index contributed by atoms with van der Waals surface area (Å²) >= 11 is 0. The molecule has 0 radical (unpaired) electrons. The summed E-state index contributed by atoms with van der Waals surface area (Å²) in [6, 6.07) is 0.594. The van der Waals surface area contributed by atoms with Gasteiger partial charge < -0.3 is 21.7 Å². The molecule has 4 heteroatoms. The molecular weight excluding hydrogens is 152 g/mol. The first-order chi connectivity index (χ1) is 5.93. The van der Waals surface area contributed by atoms with Crippen LogP contribution >= 0.6 is 0 Å². The Morgan fingerprint density at radius 1 is 1.42 bits per heavy atom. The van der Waals surface area contributed by atoms with Crippen LogP contribution in [-0.4, -0.2) is 45.3 Å². The fraction of sp³-hybridized carbons (Fsp3) is 1.00. The minimum absolute atomic E-state index is 0.594. The van der Waals surface area contributed by atoms with Crippen molar-refractivity contribution in [1.82, 2.24) is 16.0 Å². The lowest BCUT2D eigenvalue weighted by Gasteiger charge is -2.24. The van der Waals surface area contributed by atoms with Crippen LogP contribution in [0.3, 0.4) is 0 Å². The molecule has 1 aliphatic heterocycles. The van der Waals surface area contributed by atoms with E-state index in [4.69, 9.17) is 5.73 Å². The van der Waals surface area contributed by atoms with Crippen LogP contribution in [0.15, 0.2) is 0 Å². The summed E-state index contributed by atoms with van der Waals surface area (Å²) in [5.41, 5.74) is 5.38. The van der Waals surface area contributed by atoms with Crippen molar-refractivity contribution in [2.24, 2.45) is 5.73 Å². The molecule has 1 atom stereocenters. The van der Waals surface area contributed by atoms with Gasteiger partial charge in [-0.1, -0.05) is 0 Å². The first-order valence-corrected chi connectivity index (χ1v) is 4.78. The molecule has 0 saturated carbocycles. The van der Waals surface area contributed by atoms with Crippen molar-refractivity contribution in [1.29, 1.82) is 0 Å². The van der Waals surface area contributed by atoms with E-state index in [-0.39, 0.29) is 0 Å². The smallest absolute Gasteiger partial charge is 0.0318 e. The molecule has 1 rings (SSSR count). The van der Waals surface area contributed by atoms with E-state index >= 15 is 0 Å². The summed E-state index contributed by atoms with van der Waals surface area (Å²) in [4.78, 5) is 0. The predicted octanol–water partition coefficient (Wildman–Crippen LogP) is -1.51. The second-order valence-corrected chi connectivity index (χ2v) is 3.20. The molecule has 0 aromatic heterocycles. The van der Waals surface area contributed by atoms with E-state index in [0.717, 1.165) is 45.7 Å². The molecule has 0 amide bonds. The highest BCUT2D eigenvalue weighted by atomic mass is 15.1. The lowest BCUT2D eigenvalue weighted by atomic mass is 10.2. The molecule has 1 saturated heterocycles. The van der Waals surface area contributed by atoms with Crippen molar-refractivity contribution < 1.29 is 0 Å². The third-order valence-electron chi connectivity index (χ3n) is 2.07. The Balaban J connectivity index is 1.91. The first-order valence-electron chi connectivity index (χ1n) is 4.78. The highest BCUT2D eigenvalue weighted by molar-refractivity contribution is 4.76. The van der Waals surface area contributed by atoms with Crippen molar-refractivity contribution in [3.05, 3.63) is 0 Å². The van der Waals surface area contributed by atoms with E-state index in [9.17, 15) is 0 Å². The standard InChI is InChI=1S/C8H20N4/c9-2-1-3-10-6-8-7-11-4-5-12-8/h8,10-12H,1-7,9H2. The summed E-state index contributed by atoms with van der Waals surface area (Å²) in [6.07, 6.45) is 1.07. The van der Waals surface area contributed by atoms with Crippen LogP contribution in [0.25, 0.3) is 0 Å². The number of hydrogen-bond donors (Lipinski definition) is 4. The highest BCUT2D eigenvalue weighted by Gasteiger charge is 2.09. The summed E-state index contributed by atoms with van der Waals surface area (Å²) in [7, 11) is 0. The Morgan fingerprint density at radius 3 is 3.00 bits per heavy atom. The SMILES string of the molecule is NCCCNCC1CNCCN1. The van der Waals surface area contributed by atoms with Gasteiger partial charge in [-0.05, 0) is 19.5 Å². The van der Waals surface area contributed by atoms with E-state index in [1.165, 1.54) is 0 Å². The molecule has 0 spiro atoms. The Morgan fingerprint density at radius 2 is 2.33 bits per heavy atom. The van der Waals surface area contributed by atoms with Gasteiger partial charge in [0.05, 0.1) is 0 Å². The molecule has 1 unspecified atom stereocenters.